The zero-order valence-corrected chi connectivity index (χ0v) is 11.9. The summed E-state index contributed by atoms with van der Waals surface area (Å²) in [4.78, 5) is 11.8. The molecular formula is C17H17N3O. The molecule has 0 aliphatic heterocycles. The Hall–Kier alpha value is -2.80. The van der Waals surface area contributed by atoms with Crippen molar-refractivity contribution < 1.29 is 4.79 Å². The molecule has 0 bridgehead atoms. The van der Waals surface area contributed by atoms with Crippen molar-refractivity contribution in [3.8, 4) is 6.07 Å². The zero-order chi connectivity index (χ0) is 15.1. The Morgan fingerprint density at radius 3 is 2.57 bits per heavy atom. The number of rotatable bonds is 5. The first-order chi connectivity index (χ1) is 10.2. The van der Waals surface area contributed by atoms with Crippen LogP contribution >= 0.6 is 0 Å². The van der Waals surface area contributed by atoms with Crippen LogP contribution in [-0.4, -0.2) is 12.5 Å². The van der Waals surface area contributed by atoms with E-state index in [0.29, 0.717) is 18.5 Å². The molecule has 4 heteroatoms. The van der Waals surface area contributed by atoms with Gasteiger partial charge in [0.15, 0.2) is 0 Å². The molecule has 0 fully saturated rings. The second-order valence-electron chi connectivity index (χ2n) is 4.78. The molecule has 0 aromatic heterocycles. The summed E-state index contributed by atoms with van der Waals surface area (Å²) in [5, 5.41) is 14.7. The molecule has 0 saturated heterocycles. The average molecular weight is 279 g/mol. The van der Waals surface area contributed by atoms with Gasteiger partial charge in [-0.25, -0.2) is 0 Å². The Kier molecular flexibility index (Phi) is 4.94. The van der Waals surface area contributed by atoms with E-state index in [2.05, 4.69) is 16.7 Å². The third kappa shape index (κ3) is 4.66. The fourth-order valence-electron chi connectivity index (χ4n) is 1.93. The van der Waals surface area contributed by atoms with Gasteiger partial charge in [0.1, 0.15) is 0 Å². The van der Waals surface area contributed by atoms with E-state index in [4.69, 9.17) is 5.26 Å². The lowest BCUT2D eigenvalue weighted by molar-refractivity contribution is -0.115. The Bertz CT molecular complexity index is 656. The standard InChI is InChI=1S/C17H17N3O/c1-13-3-2-4-16(11-13)20-17(21)9-10-19-15-7-5-14(12-18)6-8-15/h2-8,11,19H,9-10H2,1H3,(H,20,21). The monoisotopic (exact) mass is 279 g/mol. The van der Waals surface area contributed by atoms with Crippen molar-refractivity contribution in [2.75, 3.05) is 17.2 Å². The maximum atomic E-state index is 11.8. The minimum atomic E-state index is -0.0262. The summed E-state index contributed by atoms with van der Waals surface area (Å²) in [7, 11) is 0. The van der Waals surface area contributed by atoms with Crippen LogP contribution in [0.3, 0.4) is 0 Å². The fourth-order valence-corrected chi connectivity index (χ4v) is 1.93. The number of benzene rings is 2. The molecule has 2 aromatic rings. The summed E-state index contributed by atoms with van der Waals surface area (Å²) in [6.45, 7) is 2.53. The quantitative estimate of drug-likeness (QED) is 0.882. The predicted octanol–water partition coefficient (Wildman–Crippen LogP) is 3.31. The van der Waals surface area contributed by atoms with Crippen LogP contribution in [0.5, 0.6) is 0 Å². The molecule has 4 nitrogen and oxygen atoms in total. The minimum absolute atomic E-state index is 0.0262. The van der Waals surface area contributed by atoms with Crippen LogP contribution < -0.4 is 10.6 Å². The van der Waals surface area contributed by atoms with Crippen molar-refractivity contribution >= 4 is 17.3 Å². The molecule has 0 radical (unpaired) electrons. The van der Waals surface area contributed by atoms with Crippen LogP contribution in [0, 0.1) is 18.3 Å². The van der Waals surface area contributed by atoms with Crippen molar-refractivity contribution in [1.29, 1.82) is 5.26 Å². The first kappa shape index (κ1) is 14.6. The van der Waals surface area contributed by atoms with Gasteiger partial charge in [0.25, 0.3) is 0 Å². The van der Waals surface area contributed by atoms with E-state index >= 15 is 0 Å². The SMILES string of the molecule is Cc1cccc(NC(=O)CCNc2ccc(C#N)cc2)c1. The van der Waals surface area contributed by atoms with Crippen LogP contribution in [0.2, 0.25) is 0 Å². The van der Waals surface area contributed by atoms with Crippen LogP contribution in [0.1, 0.15) is 17.5 Å². The molecule has 21 heavy (non-hydrogen) atoms. The third-order valence-electron chi connectivity index (χ3n) is 3.00. The smallest absolute Gasteiger partial charge is 0.226 e. The number of amides is 1. The number of hydrogen-bond acceptors (Lipinski definition) is 3. The first-order valence-electron chi connectivity index (χ1n) is 6.78. The van der Waals surface area contributed by atoms with E-state index in [1.54, 1.807) is 12.1 Å². The molecule has 0 spiro atoms. The predicted molar refractivity (Wildman–Crippen MR) is 84.1 cm³/mol. The van der Waals surface area contributed by atoms with Gasteiger partial charge in [-0.2, -0.15) is 5.26 Å². The van der Waals surface area contributed by atoms with Gasteiger partial charge in [0.05, 0.1) is 11.6 Å². The molecule has 0 aliphatic rings. The Balaban J connectivity index is 1.77. The highest BCUT2D eigenvalue weighted by Gasteiger charge is 2.02. The number of carbonyl (C=O) groups is 1. The summed E-state index contributed by atoms with van der Waals surface area (Å²) in [5.74, 6) is -0.0262. The Morgan fingerprint density at radius 1 is 1.14 bits per heavy atom. The lowest BCUT2D eigenvalue weighted by Crippen LogP contribution is -2.16. The normalized spacial score (nSPS) is 9.71. The third-order valence-corrected chi connectivity index (χ3v) is 3.00. The van der Waals surface area contributed by atoms with Crippen LogP contribution in [0.15, 0.2) is 48.5 Å². The highest BCUT2D eigenvalue weighted by atomic mass is 16.1. The number of nitrogens with zero attached hydrogens (tertiary/aromatic N) is 1. The second kappa shape index (κ2) is 7.11. The maximum Gasteiger partial charge on any atom is 0.226 e. The summed E-state index contributed by atoms with van der Waals surface area (Å²) in [6, 6.07) is 16.9. The second-order valence-corrected chi connectivity index (χ2v) is 4.78. The van der Waals surface area contributed by atoms with Crippen LogP contribution in [0.4, 0.5) is 11.4 Å². The van der Waals surface area contributed by atoms with E-state index < -0.39 is 0 Å². The first-order valence-corrected chi connectivity index (χ1v) is 6.78. The van der Waals surface area contributed by atoms with Gasteiger partial charge in [-0.1, -0.05) is 12.1 Å². The largest absolute Gasteiger partial charge is 0.385 e. The average Bonchev–Trinajstić information content (AvgIpc) is 2.48. The van der Waals surface area contributed by atoms with E-state index in [9.17, 15) is 4.79 Å². The van der Waals surface area contributed by atoms with Gasteiger partial charge in [-0.3, -0.25) is 4.79 Å². The Morgan fingerprint density at radius 2 is 1.90 bits per heavy atom. The van der Waals surface area contributed by atoms with Gasteiger partial charge >= 0.3 is 0 Å². The molecule has 2 rings (SSSR count). The maximum absolute atomic E-state index is 11.8. The number of carbonyl (C=O) groups excluding carboxylic acids is 1. The van der Waals surface area contributed by atoms with Crippen molar-refractivity contribution in [2.45, 2.75) is 13.3 Å². The van der Waals surface area contributed by atoms with Gasteiger partial charge in [0.2, 0.25) is 5.91 Å². The van der Waals surface area contributed by atoms with Crippen molar-refractivity contribution in [2.24, 2.45) is 0 Å². The summed E-state index contributed by atoms with van der Waals surface area (Å²) in [5.41, 5.74) is 3.46. The van der Waals surface area contributed by atoms with Gasteiger partial charge < -0.3 is 10.6 Å². The van der Waals surface area contributed by atoms with Crippen molar-refractivity contribution in [3.05, 3.63) is 59.7 Å². The number of nitrogens with one attached hydrogen (secondary N) is 2. The number of aryl methyl sites for hydroxylation is 1. The lowest BCUT2D eigenvalue weighted by Gasteiger charge is -2.08. The summed E-state index contributed by atoms with van der Waals surface area (Å²) in [6.07, 6.45) is 0.383. The van der Waals surface area contributed by atoms with E-state index in [0.717, 1.165) is 16.9 Å². The molecule has 2 aromatic carbocycles. The molecule has 106 valence electrons. The fraction of sp³-hybridized carbons (Fsp3) is 0.176. The zero-order valence-electron chi connectivity index (χ0n) is 11.9. The van der Waals surface area contributed by atoms with Crippen molar-refractivity contribution in [1.82, 2.24) is 0 Å². The van der Waals surface area contributed by atoms with Gasteiger partial charge in [-0.15, -0.1) is 0 Å². The van der Waals surface area contributed by atoms with E-state index in [-0.39, 0.29) is 5.91 Å². The topological polar surface area (TPSA) is 64.9 Å². The van der Waals surface area contributed by atoms with E-state index in [1.165, 1.54) is 0 Å². The minimum Gasteiger partial charge on any atom is -0.385 e. The molecular weight excluding hydrogens is 262 g/mol. The highest BCUT2D eigenvalue weighted by Crippen LogP contribution is 2.11. The molecule has 0 saturated carbocycles. The number of nitriles is 1. The van der Waals surface area contributed by atoms with Gasteiger partial charge in [-0.05, 0) is 48.9 Å². The molecule has 1 amide bonds. The molecule has 0 atom stereocenters. The Labute approximate surface area is 124 Å². The number of anilines is 2. The summed E-state index contributed by atoms with van der Waals surface area (Å²) >= 11 is 0. The van der Waals surface area contributed by atoms with Crippen LogP contribution in [0.25, 0.3) is 0 Å². The highest BCUT2D eigenvalue weighted by molar-refractivity contribution is 5.91. The molecule has 0 aliphatic carbocycles. The molecule has 0 heterocycles. The molecule has 2 N–H and O–H groups in total. The molecule has 0 unspecified atom stereocenters. The van der Waals surface area contributed by atoms with E-state index in [1.807, 2.05) is 43.3 Å². The van der Waals surface area contributed by atoms with Crippen molar-refractivity contribution in [3.63, 3.8) is 0 Å². The lowest BCUT2D eigenvalue weighted by atomic mass is 10.2. The summed E-state index contributed by atoms with van der Waals surface area (Å²) < 4.78 is 0. The van der Waals surface area contributed by atoms with Crippen LogP contribution in [-0.2, 0) is 4.79 Å². The van der Waals surface area contributed by atoms with Gasteiger partial charge in [0, 0.05) is 24.3 Å². The number of hydrogen-bond donors (Lipinski definition) is 2.